The third kappa shape index (κ3) is 17.7. The second-order valence-corrected chi connectivity index (χ2v) is 30.2. The molecule has 0 fully saturated rings. The van der Waals surface area contributed by atoms with Crippen molar-refractivity contribution in [2.24, 2.45) is 0 Å². The van der Waals surface area contributed by atoms with Crippen LogP contribution >= 0.6 is 11.3 Å². The Bertz CT molecular complexity index is 276. The average molecular weight is 526 g/mol. The molecule has 1 aromatic rings. The fourth-order valence-corrected chi connectivity index (χ4v) is 4.82. The standard InChI is InChI=1S/C8H14SSi2.6CH3.2Sn/c1-10(2)7-5-6-8(9-7)11(3)4;;;;;;;;/h5-6H,1-4H3;6*1H3;;. The Labute approximate surface area is 144 Å². The number of thiophene rings is 1. The molecule has 0 N–H and O–H groups in total. The van der Waals surface area contributed by atoms with Gasteiger partial charge in [0.1, 0.15) is 0 Å². The predicted octanol–water partition coefficient (Wildman–Crippen LogP) is 4.41. The van der Waals surface area contributed by atoms with Crippen molar-refractivity contribution in [2.45, 2.75) is 55.8 Å². The molecule has 0 saturated heterocycles. The fraction of sp³-hybridized carbons (Fsp3) is 0.714. The van der Waals surface area contributed by atoms with E-state index in [1.807, 2.05) is 11.3 Å². The van der Waals surface area contributed by atoms with Crippen LogP contribution in [0.1, 0.15) is 0 Å². The van der Waals surface area contributed by atoms with Crippen molar-refractivity contribution in [1.82, 2.24) is 0 Å². The first-order valence-electron chi connectivity index (χ1n) is 6.82. The summed E-state index contributed by atoms with van der Waals surface area (Å²) in [5.74, 6) is 0. The monoisotopic (exact) mass is 528 g/mol. The third-order valence-corrected chi connectivity index (χ3v) is 7.67. The summed E-state index contributed by atoms with van der Waals surface area (Å²) in [5, 5.41) is 0. The van der Waals surface area contributed by atoms with Crippen molar-refractivity contribution in [3.8, 4) is 0 Å². The molecule has 0 atom stereocenters. The van der Waals surface area contributed by atoms with Gasteiger partial charge in [-0.1, -0.05) is 38.3 Å². The molecular weight excluding hydrogens is 494 g/mol. The van der Waals surface area contributed by atoms with E-state index in [2.05, 4.69) is 68.0 Å². The second kappa shape index (κ2) is 13.4. The van der Waals surface area contributed by atoms with E-state index in [0.717, 1.165) is 0 Å². The molecule has 0 aromatic carbocycles. The van der Waals surface area contributed by atoms with Crippen molar-refractivity contribution >= 4 is 77.5 Å². The summed E-state index contributed by atoms with van der Waals surface area (Å²) in [6.07, 6.45) is 0. The predicted molar refractivity (Wildman–Crippen MR) is 105 cm³/mol. The summed E-state index contributed by atoms with van der Waals surface area (Å²) in [4.78, 5) is 14.2. The minimum absolute atomic E-state index is 0.190. The summed E-state index contributed by atoms with van der Waals surface area (Å²) < 4.78 is 3.27. The first-order chi connectivity index (χ1) is 8.57. The normalized spacial score (nSPS) is 10.4. The average Bonchev–Trinajstić information content (AvgIpc) is 2.63. The summed E-state index contributed by atoms with van der Waals surface area (Å²) in [5.41, 5.74) is 0. The molecule has 4 radical (unpaired) electrons. The van der Waals surface area contributed by atoms with Gasteiger partial charge in [0.15, 0.2) is 0 Å². The molecule has 0 spiro atoms. The molecular formula is C14H32SSi2Sn2. The molecule has 0 unspecified atom stereocenters. The van der Waals surface area contributed by atoms with Crippen LogP contribution in [0.15, 0.2) is 12.1 Å². The van der Waals surface area contributed by atoms with Crippen LogP contribution in [-0.2, 0) is 0 Å². The van der Waals surface area contributed by atoms with Crippen LogP contribution in [0.5, 0.6) is 0 Å². The molecule has 110 valence electrons. The summed E-state index contributed by atoms with van der Waals surface area (Å²) in [6, 6.07) is 4.65. The Morgan fingerprint density at radius 2 is 0.895 bits per heavy atom. The maximum absolute atomic E-state index is 2.36. The van der Waals surface area contributed by atoms with E-state index in [0.29, 0.717) is 0 Å². The van der Waals surface area contributed by atoms with E-state index in [4.69, 9.17) is 0 Å². The van der Waals surface area contributed by atoms with Crippen molar-refractivity contribution < 1.29 is 0 Å². The van der Waals surface area contributed by atoms with Gasteiger partial charge in [0.25, 0.3) is 0 Å². The zero-order valence-corrected chi connectivity index (χ0v) is 23.1. The first kappa shape index (κ1) is 23.0. The van der Waals surface area contributed by atoms with Gasteiger partial charge in [-0.15, -0.1) is 0 Å². The summed E-state index contributed by atoms with van der Waals surface area (Å²) in [6.45, 7) is 9.44. The van der Waals surface area contributed by atoms with E-state index >= 15 is 0 Å². The van der Waals surface area contributed by atoms with E-state index < -0.39 is 39.5 Å². The fourth-order valence-electron chi connectivity index (χ4n) is 0.875. The number of hydrogen-bond donors (Lipinski definition) is 0. The van der Waals surface area contributed by atoms with Gasteiger partial charge in [-0.2, -0.15) is 11.3 Å². The molecule has 0 aliphatic rings. The SMILES string of the molecule is C[Si](C)c1ccc([Si](C)C)s1.[CH3][Sn]([CH3])[CH3].[CH3][Sn]([CH3])[CH3]. The van der Waals surface area contributed by atoms with Gasteiger partial charge < -0.3 is 0 Å². The third-order valence-electron chi connectivity index (χ3n) is 1.59. The van der Waals surface area contributed by atoms with Gasteiger partial charge in [-0.3, -0.25) is 0 Å². The molecule has 19 heavy (non-hydrogen) atoms. The van der Waals surface area contributed by atoms with Crippen LogP contribution in [0.2, 0.25) is 55.8 Å². The Hall–Kier alpha value is 1.73. The van der Waals surface area contributed by atoms with Crippen molar-refractivity contribution in [2.75, 3.05) is 0 Å². The quantitative estimate of drug-likeness (QED) is 0.502. The second-order valence-electron chi connectivity index (χ2n) is 6.16. The molecule has 0 amide bonds. The van der Waals surface area contributed by atoms with E-state index in [-0.39, 0.29) is 17.6 Å². The Morgan fingerprint density at radius 3 is 1.00 bits per heavy atom. The van der Waals surface area contributed by atoms with Crippen LogP contribution in [0, 0.1) is 0 Å². The van der Waals surface area contributed by atoms with Crippen LogP contribution in [0.25, 0.3) is 0 Å². The van der Waals surface area contributed by atoms with E-state index in [1.54, 1.807) is 9.00 Å². The first-order valence-corrected chi connectivity index (χ1v) is 29.8. The number of rotatable bonds is 2. The van der Waals surface area contributed by atoms with Gasteiger partial charge in [0, 0.05) is 0 Å². The number of hydrogen-bond acceptors (Lipinski definition) is 1. The summed E-state index contributed by atoms with van der Waals surface area (Å²) in [7, 11) is -0.379. The maximum atomic E-state index is 2.36. The van der Waals surface area contributed by atoms with E-state index in [9.17, 15) is 0 Å². The van der Waals surface area contributed by atoms with Crippen LogP contribution in [0.4, 0.5) is 0 Å². The van der Waals surface area contributed by atoms with Crippen LogP contribution in [-0.4, -0.2) is 57.1 Å². The zero-order chi connectivity index (χ0) is 15.6. The Balaban J connectivity index is 0. The van der Waals surface area contributed by atoms with Gasteiger partial charge in [0.2, 0.25) is 0 Å². The molecule has 0 nitrogen and oxygen atoms in total. The Morgan fingerprint density at radius 1 is 0.684 bits per heavy atom. The van der Waals surface area contributed by atoms with Crippen molar-refractivity contribution in [3.05, 3.63) is 12.1 Å². The summed E-state index contributed by atoms with van der Waals surface area (Å²) >= 11 is 0.953. The van der Waals surface area contributed by atoms with Crippen molar-refractivity contribution in [1.29, 1.82) is 0 Å². The molecule has 0 aliphatic carbocycles. The Kier molecular flexibility index (Phi) is 16.2. The minimum atomic E-state index is -0.543. The molecule has 0 bridgehead atoms. The van der Waals surface area contributed by atoms with E-state index in [1.165, 1.54) is 0 Å². The van der Waals surface area contributed by atoms with Gasteiger partial charge >= 0.3 is 69.2 Å². The molecule has 5 heteroatoms. The zero-order valence-electron chi connectivity index (χ0n) is 14.6. The van der Waals surface area contributed by atoms with Crippen LogP contribution < -0.4 is 9.00 Å². The van der Waals surface area contributed by atoms with Crippen LogP contribution in [0.3, 0.4) is 0 Å². The van der Waals surface area contributed by atoms with Gasteiger partial charge in [0.05, 0.1) is 17.6 Å². The molecule has 1 rings (SSSR count). The topological polar surface area (TPSA) is 0 Å². The molecule has 0 saturated carbocycles. The van der Waals surface area contributed by atoms with Crippen molar-refractivity contribution in [3.63, 3.8) is 0 Å². The molecule has 1 heterocycles. The molecule has 1 aromatic heterocycles. The van der Waals surface area contributed by atoms with Gasteiger partial charge in [-0.05, 0) is 9.00 Å². The molecule has 0 aliphatic heterocycles. The van der Waals surface area contributed by atoms with Gasteiger partial charge in [-0.25, -0.2) is 0 Å².